The lowest BCUT2D eigenvalue weighted by atomic mass is 10.1. The minimum absolute atomic E-state index is 0.251. The van der Waals surface area contributed by atoms with Crippen molar-refractivity contribution in [2.24, 2.45) is 0 Å². The summed E-state index contributed by atoms with van der Waals surface area (Å²) >= 11 is 0. The third-order valence-corrected chi connectivity index (χ3v) is 4.89. The minimum Gasteiger partial charge on any atom is -0.481 e. The van der Waals surface area contributed by atoms with Crippen LogP contribution in [-0.4, -0.2) is 26.0 Å². The summed E-state index contributed by atoms with van der Waals surface area (Å²) in [6.45, 7) is 0.455. The van der Waals surface area contributed by atoms with E-state index in [4.69, 9.17) is 5.11 Å². The zero-order valence-corrected chi connectivity index (χ0v) is 13.6. The van der Waals surface area contributed by atoms with Gasteiger partial charge in [-0.05, 0) is 25.0 Å². The van der Waals surface area contributed by atoms with Crippen LogP contribution in [0.4, 0.5) is 0 Å². The lowest BCUT2D eigenvalue weighted by molar-refractivity contribution is -0.137. The lowest BCUT2D eigenvalue weighted by Gasteiger charge is -2.06. The quantitative estimate of drug-likeness (QED) is 0.578. The van der Waals surface area contributed by atoms with Gasteiger partial charge >= 0.3 is 5.97 Å². The van der Waals surface area contributed by atoms with E-state index in [2.05, 4.69) is 4.72 Å². The zero-order chi connectivity index (χ0) is 16.3. The van der Waals surface area contributed by atoms with Crippen molar-refractivity contribution in [1.29, 1.82) is 0 Å². The fraction of sp³-hybridized carbons (Fsp3) is 0.562. The van der Waals surface area contributed by atoms with Gasteiger partial charge in [0.15, 0.2) is 0 Å². The van der Waals surface area contributed by atoms with Gasteiger partial charge in [-0.15, -0.1) is 0 Å². The van der Waals surface area contributed by atoms with E-state index in [1.807, 2.05) is 0 Å². The van der Waals surface area contributed by atoms with E-state index in [1.165, 1.54) is 0 Å². The molecule has 0 fully saturated rings. The highest BCUT2D eigenvalue weighted by molar-refractivity contribution is 7.89. The van der Waals surface area contributed by atoms with Gasteiger partial charge in [0.25, 0.3) is 0 Å². The van der Waals surface area contributed by atoms with Crippen LogP contribution in [0.2, 0.25) is 0 Å². The molecule has 0 radical (unpaired) electrons. The highest BCUT2D eigenvalue weighted by Gasteiger charge is 2.11. The number of aliphatic carboxylic acids is 1. The van der Waals surface area contributed by atoms with E-state index in [1.54, 1.807) is 30.3 Å². The molecule has 0 unspecified atom stereocenters. The normalized spacial score (nSPS) is 11.5. The van der Waals surface area contributed by atoms with Gasteiger partial charge in [0, 0.05) is 13.0 Å². The Morgan fingerprint density at radius 2 is 1.45 bits per heavy atom. The van der Waals surface area contributed by atoms with Crippen LogP contribution in [0, 0.1) is 0 Å². The van der Waals surface area contributed by atoms with Crippen LogP contribution in [0.15, 0.2) is 35.2 Å². The van der Waals surface area contributed by atoms with Gasteiger partial charge in [0.05, 0.1) is 4.90 Å². The molecule has 6 heteroatoms. The Balaban J connectivity index is 2.03. The molecule has 0 saturated carbocycles. The molecular weight excluding hydrogens is 302 g/mol. The number of sulfonamides is 1. The molecule has 0 aromatic heterocycles. The van der Waals surface area contributed by atoms with E-state index in [0.717, 1.165) is 44.9 Å². The summed E-state index contributed by atoms with van der Waals surface area (Å²) in [6, 6.07) is 8.37. The van der Waals surface area contributed by atoms with Crippen molar-refractivity contribution in [3.05, 3.63) is 30.3 Å². The maximum absolute atomic E-state index is 11.9. The van der Waals surface area contributed by atoms with E-state index in [-0.39, 0.29) is 6.42 Å². The topological polar surface area (TPSA) is 83.5 Å². The SMILES string of the molecule is O=C(O)CCCCCCCCCNS(=O)(=O)c1ccccc1. The van der Waals surface area contributed by atoms with Crippen molar-refractivity contribution < 1.29 is 18.3 Å². The van der Waals surface area contributed by atoms with Crippen LogP contribution < -0.4 is 4.72 Å². The van der Waals surface area contributed by atoms with Crippen molar-refractivity contribution in [3.63, 3.8) is 0 Å². The maximum atomic E-state index is 11.9. The molecule has 0 bridgehead atoms. The smallest absolute Gasteiger partial charge is 0.303 e. The number of hydrogen-bond acceptors (Lipinski definition) is 3. The van der Waals surface area contributed by atoms with Gasteiger partial charge in [-0.1, -0.05) is 50.3 Å². The van der Waals surface area contributed by atoms with Gasteiger partial charge in [-0.3, -0.25) is 4.79 Å². The molecule has 5 nitrogen and oxygen atoms in total. The molecule has 0 aliphatic rings. The van der Waals surface area contributed by atoms with Crippen molar-refractivity contribution in [2.45, 2.75) is 56.3 Å². The fourth-order valence-corrected chi connectivity index (χ4v) is 3.27. The summed E-state index contributed by atoms with van der Waals surface area (Å²) in [5.74, 6) is -0.731. The number of carbonyl (C=O) groups is 1. The summed E-state index contributed by atoms with van der Waals surface area (Å²) < 4.78 is 26.5. The minimum atomic E-state index is -3.38. The largest absolute Gasteiger partial charge is 0.481 e. The van der Waals surface area contributed by atoms with Crippen molar-refractivity contribution >= 4 is 16.0 Å². The first-order valence-corrected chi connectivity index (χ1v) is 9.27. The first kappa shape index (κ1) is 18.6. The Kier molecular flexibility index (Phi) is 8.77. The summed E-state index contributed by atoms with van der Waals surface area (Å²) in [5.41, 5.74) is 0. The van der Waals surface area contributed by atoms with Crippen molar-refractivity contribution in [2.75, 3.05) is 6.54 Å². The van der Waals surface area contributed by atoms with Crippen LogP contribution in [-0.2, 0) is 14.8 Å². The maximum Gasteiger partial charge on any atom is 0.303 e. The van der Waals surface area contributed by atoms with Gasteiger partial charge in [0.2, 0.25) is 10.0 Å². The van der Waals surface area contributed by atoms with Crippen LogP contribution in [0.1, 0.15) is 51.4 Å². The molecule has 0 heterocycles. The third kappa shape index (κ3) is 8.14. The standard InChI is InChI=1S/C16H25NO4S/c18-16(19)13-9-4-2-1-3-5-10-14-17-22(20,21)15-11-7-6-8-12-15/h6-8,11-12,17H,1-5,9-10,13-14H2,(H,18,19). The Bertz CT molecular complexity index is 528. The first-order chi connectivity index (χ1) is 10.5. The summed E-state index contributed by atoms with van der Waals surface area (Å²) in [4.78, 5) is 10.6. The molecule has 1 aromatic carbocycles. The van der Waals surface area contributed by atoms with E-state index in [0.29, 0.717) is 11.4 Å². The number of carboxylic acid groups (broad SMARTS) is 1. The van der Waals surface area contributed by atoms with Crippen molar-refractivity contribution in [3.8, 4) is 0 Å². The fourth-order valence-electron chi connectivity index (χ4n) is 2.17. The van der Waals surface area contributed by atoms with E-state index in [9.17, 15) is 13.2 Å². The van der Waals surface area contributed by atoms with Crippen LogP contribution in [0.3, 0.4) is 0 Å². The molecule has 0 amide bonds. The summed E-state index contributed by atoms with van der Waals surface area (Å²) in [5, 5.41) is 8.51. The monoisotopic (exact) mass is 327 g/mol. The summed E-state index contributed by atoms with van der Waals surface area (Å²) in [6.07, 6.45) is 6.92. The molecule has 22 heavy (non-hydrogen) atoms. The molecule has 124 valence electrons. The molecule has 0 spiro atoms. The Labute approximate surface area is 132 Å². The van der Waals surface area contributed by atoms with Gasteiger partial charge in [0.1, 0.15) is 0 Å². The average molecular weight is 327 g/mol. The second-order valence-corrected chi connectivity index (χ2v) is 7.10. The Morgan fingerprint density at radius 3 is 2.05 bits per heavy atom. The second-order valence-electron chi connectivity index (χ2n) is 5.33. The first-order valence-electron chi connectivity index (χ1n) is 7.79. The number of hydrogen-bond donors (Lipinski definition) is 2. The number of rotatable bonds is 12. The molecule has 0 saturated heterocycles. The number of carboxylic acids is 1. The molecular formula is C16H25NO4S. The highest BCUT2D eigenvalue weighted by Crippen LogP contribution is 2.10. The molecule has 0 aliphatic carbocycles. The van der Waals surface area contributed by atoms with Crippen LogP contribution >= 0.6 is 0 Å². The molecule has 2 N–H and O–H groups in total. The second kappa shape index (κ2) is 10.3. The number of nitrogens with one attached hydrogen (secondary N) is 1. The number of unbranched alkanes of at least 4 members (excludes halogenated alkanes) is 6. The molecule has 1 aromatic rings. The predicted octanol–water partition coefficient (Wildman–Crippen LogP) is 3.17. The van der Waals surface area contributed by atoms with Gasteiger partial charge < -0.3 is 5.11 Å². The Morgan fingerprint density at radius 1 is 0.909 bits per heavy atom. The molecule has 0 aliphatic heterocycles. The predicted molar refractivity (Wildman–Crippen MR) is 86.2 cm³/mol. The zero-order valence-electron chi connectivity index (χ0n) is 12.8. The number of benzene rings is 1. The molecule has 1 rings (SSSR count). The lowest BCUT2D eigenvalue weighted by Crippen LogP contribution is -2.24. The third-order valence-electron chi connectivity index (χ3n) is 3.41. The van der Waals surface area contributed by atoms with Crippen LogP contribution in [0.5, 0.6) is 0 Å². The summed E-state index contributed by atoms with van der Waals surface area (Å²) in [7, 11) is -3.38. The van der Waals surface area contributed by atoms with E-state index < -0.39 is 16.0 Å². The van der Waals surface area contributed by atoms with Crippen LogP contribution in [0.25, 0.3) is 0 Å². The Hall–Kier alpha value is -1.40. The van der Waals surface area contributed by atoms with Gasteiger partial charge in [-0.2, -0.15) is 0 Å². The van der Waals surface area contributed by atoms with Gasteiger partial charge in [-0.25, -0.2) is 13.1 Å². The molecule has 0 atom stereocenters. The highest BCUT2D eigenvalue weighted by atomic mass is 32.2. The average Bonchev–Trinajstić information content (AvgIpc) is 2.49. The van der Waals surface area contributed by atoms with E-state index >= 15 is 0 Å². The van der Waals surface area contributed by atoms with Crippen molar-refractivity contribution in [1.82, 2.24) is 4.72 Å².